The van der Waals surface area contributed by atoms with E-state index in [1.54, 1.807) is 13.8 Å². The second-order valence-electron chi connectivity index (χ2n) is 8.13. The molecule has 0 saturated carbocycles. The number of carbonyl (C=O) groups is 1. The van der Waals surface area contributed by atoms with Gasteiger partial charge in [-0.3, -0.25) is 4.79 Å². The van der Waals surface area contributed by atoms with Crippen molar-refractivity contribution in [2.45, 2.75) is 59.1 Å². The Morgan fingerprint density at radius 1 is 1.20 bits per heavy atom. The fourth-order valence-corrected chi connectivity index (χ4v) is 3.83. The molecule has 0 unspecified atom stereocenters. The Labute approximate surface area is 174 Å². The monoisotopic (exact) mass is 426 g/mol. The molecule has 3 rings (SSSR count). The van der Waals surface area contributed by atoms with Gasteiger partial charge in [-0.15, -0.1) is 5.10 Å². The first-order chi connectivity index (χ1) is 14.1. The smallest absolute Gasteiger partial charge is 0.356 e. The summed E-state index contributed by atoms with van der Waals surface area (Å²) in [5.41, 5.74) is 1.81. The van der Waals surface area contributed by atoms with Gasteiger partial charge in [-0.05, 0) is 70.6 Å². The minimum atomic E-state index is -4.62. The predicted octanol–water partition coefficient (Wildman–Crippen LogP) is 2.93. The van der Waals surface area contributed by atoms with Gasteiger partial charge in [0.05, 0.1) is 0 Å². The Morgan fingerprint density at radius 2 is 1.90 bits per heavy atom. The van der Waals surface area contributed by atoms with E-state index in [9.17, 15) is 18.0 Å². The van der Waals surface area contributed by atoms with Crippen molar-refractivity contribution in [3.8, 4) is 0 Å². The highest BCUT2D eigenvalue weighted by Crippen LogP contribution is 2.27. The molecule has 2 aromatic heterocycles. The molecule has 166 valence electrons. The van der Waals surface area contributed by atoms with Crippen LogP contribution in [0.3, 0.4) is 0 Å². The average Bonchev–Trinajstić information content (AvgIpc) is 3.11. The van der Waals surface area contributed by atoms with Crippen molar-refractivity contribution >= 4 is 11.7 Å². The Hall–Kier alpha value is -2.23. The van der Waals surface area contributed by atoms with Crippen molar-refractivity contribution in [1.82, 2.24) is 29.8 Å². The zero-order valence-electron chi connectivity index (χ0n) is 17.7. The Bertz CT molecular complexity index is 887. The highest BCUT2D eigenvalue weighted by molar-refractivity contribution is 5.76. The number of carbonyl (C=O) groups excluding carboxylic acids is 1. The first kappa shape index (κ1) is 22.5. The molecule has 1 fully saturated rings. The van der Waals surface area contributed by atoms with Gasteiger partial charge in [0.2, 0.25) is 5.91 Å². The van der Waals surface area contributed by atoms with Gasteiger partial charge in [-0.25, -0.2) is 9.50 Å². The summed E-state index contributed by atoms with van der Waals surface area (Å²) in [6.45, 7) is 9.53. The van der Waals surface area contributed by atoms with Crippen LogP contribution in [0.1, 0.15) is 55.4 Å². The second kappa shape index (κ2) is 9.28. The van der Waals surface area contributed by atoms with Crippen molar-refractivity contribution in [2.24, 2.45) is 5.92 Å². The molecular formula is C20H29F3N6O. The number of hydrogen-bond donors (Lipinski definition) is 1. The number of aromatic nitrogens is 4. The molecule has 0 aromatic carbocycles. The van der Waals surface area contributed by atoms with E-state index in [1.165, 1.54) is 12.8 Å². The molecule has 30 heavy (non-hydrogen) atoms. The lowest BCUT2D eigenvalue weighted by Crippen LogP contribution is -2.35. The molecule has 1 amide bonds. The number of hydrogen-bond acceptors (Lipinski definition) is 5. The highest BCUT2D eigenvalue weighted by Gasteiger charge is 2.37. The molecule has 0 radical (unpaired) electrons. The van der Waals surface area contributed by atoms with Crippen LogP contribution >= 0.6 is 0 Å². The summed E-state index contributed by atoms with van der Waals surface area (Å²) in [5.74, 6) is -0.567. The van der Waals surface area contributed by atoms with Crippen LogP contribution < -0.4 is 5.32 Å². The third-order valence-corrected chi connectivity index (χ3v) is 5.75. The summed E-state index contributed by atoms with van der Waals surface area (Å²) < 4.78 is 39.7. The second-order valence-corrected chi connectivity index (χ2v) is 8.13. The zero-order chi connectivity index (χ0) is 21.9. The molecule has 0 atom stereocenters. The summed E-state index contributed by atoms with van der Waals surface area (Å²) >= 11 is 0. The number of nitrogens with one attached hydrogen (secondary N) is 1. The summed E-state index contributed by atoms with van der Waals surface area (Å²) in [6, 6.07) is 0. The number of aryl methyl sites for hydroxylation is 2. The van der Waals surface area contributed by atoms with Crippen molar-refractivity contribution in [1.29, 1.82) is 0 Å². The van der Waals surface area contributed by atoms with Crippen LogP contribution in [-0.2, 0) is 17.4 Å². The van der Waals surface area contributed by atoms with Gasteiger partial charge in [0.25, 0.3) is 11.6 Å². The molecule has 1 saturated heterocycles. The lowest BCUT2D eigenvalue weighted by Gasteiger charge is -2.30. The van der Waals surface area contributed by atoms with Gasteiger partial charge >= 0.3 is 6.18 Å². The molecule has 1 aliphatic rings. The van der Waals surface area contributed by atoms with Gasteiger partial charge in [0.15, 0.2) is 0 Å². The van der Waals surface area contributed by atoms with Crippen molar-refractivity contribution in [2.75, 3.05) is 26.2 Å². The summed E-state index contributed by atoms with van der Waals surface area (Å²) in [5, 5.41) is 6.47. The van der Waals surface area contributed by atoms with Crippen LogP contribution in [-0.4, -0.2) is 56.6 Å². The van der Waals surface area contributed by atoms with Gasteiger partial charge in [0, 0.05) is 24.4 Å². The van der Waals surface area contributed by atoms with Crippen LogP contribution in [0.15, 0.2) is 0 Å². The van der Waals surface area contributed by atoms with Crippen molar-refractivity contribution in [3.63, 3.8) is 0 Å². The molecule has 1 aliphatic heterocycles. The molecule has 0 aliphatic carbocycles. The summed E-state index contributed by atoms with van der Waals surface area (Å²) in [4.78, 5) is 22.2. The lowest BCUT2D eigenvalue weighted by molar-refractivity contribution is -0.144. The standard InChI is InChI=1S/C20H29F3N6O/c1-13-7-11-28(12-8-13)10-4-9-24-17(30)6-5-16-14(2)25-19-26-18(20(21,22)23)27-29(19)15(16)3/h13H,4-12H2,1-3H3,(H,24,30). The number of nitrogens with zero attached hydrogens (tertiary/aromatic N) is 5. The molecule has 0 bridgehead atoms. The summed E-state index contributed by atoms with van der Waals surface area (Å²) in [7, 11) is 0. The molecule has 7 nitrogen and oxygen atoms in total. The van der Waals surface area contributed by atoms with Crippen LogP contribution in [0.4, 0.5) is 13.2 Å². The van der Waals surface area contributed by atoms with Crippen molar-refractivity contribution in [3.05, 3.63) is 22.8 Å². The first-order valence-corrected chi connectivity index (χ1v) is 10.4. The topological polar surface area (TPSA) is 75.4 Å². The number of rotatable bonds is 7. The molecule has 2 aromatic rings. The van der Waals surface area contributed by atoms with Gasteiger partial charge in [-0.1, -0.05) is 6.92 Å². The van der Waals surface area contributed by atoms with E-state index < -0.39 is 12.0 Å². The van der Waals surface area contributed by atoms with E-state index in [-0.39, 0.29) is 18.1 Å². The van der Waals surface area contributed by atoms with Crippen molar-refractivity contribution < 1.29 is 18.0 Å². The quantitative estimate of drug-likeness (QED) is 0.689. The van der Waals surface area contributed by atoms with Gasteiger partial charge in [0.1, 0.15) is 0 Å². The zero-order valence-corrected chi connectivity index (χ0v) is 17.7. The van der Waals surface area contributed by atoms with Crippen LogP contribution in [0.25, 0.3) is 5.78 Å². The van der Waals surface area contributed by atoms with E-state index in [1.807, 2.05) is 0 Å². The fourth-order valence-electron chi connectivity index (χ4n) is 3.83. The minimum Gasteiger partial charge on any atom is -0.356 e. The fraction of sp³-hybridized carbons (Fsp3) is 0.700. The third-order valence-electron chi connectivity index (χ3n) is 5.75. The average molecular weight is 426 g/mol. The van der Waals surface area contributed by atoms with E-state index in [0.29, 0.717) is 24.4 Å². The van der Waals surface area contributed by atoms with Gasteiger partial charge < -0.3 is 10.2 Å². The molecule has 1 N–H and O–H groups in total. The highest BCUT2D eigenvalue weighted by atomic mass is 19.4. The summed E-state index contributed by atoms with van der Waals surface area (Å²) in [6.07, 6.45) is -0.612. The van der Waals surface area contributed by atoms with Crippen LogP contribution in [0.5, 0.6) is 0 Å². The van der Waals surface area contributed by atoms with E-state index in [4.69, 9.17) is 0 Å². The van der Waals surface area contributed by atoms with E-state index >= 15 is 0 Å². The number of halogens is 3. The molecule has 0 spiro atoms. The SMILES string of the molecule is Cc1nc2nc(C(F)(F)F)nn2c(C)c1CCC(=O)NCCCN1CCC(C)CC1. The predicted molar refractivity (Wildman–Crippen MR) is 106 cm³/mol. The number of alkyl halides is 3. The molecule has 10 heteroatoms. The maximum Gasteiger partial charge on any atom is 0.453 e. The largest absolute Gasteiger partial charge is 0.453 e. The lowest BCUT2D eigenvalue weighted by atomic mass is 9.99. The first-order valence-electron chi connectivity index (χ1n) is 10.4. The Kier molecular flexibility index (Phi) is 6.95. The Morgan fingerprint density at radius 3 is 2.57 bits per heavy atom. The normalized spacial score (nSPS) is 16.3. The third kappa shape index (κ3) is 5.47. The number of piperidine rings is 1. The Balaban J connectivity index is 1.50. The number of amides is 1. The maximum absolute atomic E-state index is 12.9. The van der Waals surface area contributed by atoms with E-state index in [0.717, 1.165) is 42.1 Å². The van der Waals surface area contributed by atoms with E-state index in [2.05, 4.69) is 32.2 Å². The number of likely N-dealkylation sites (tertiary alicyclic amines) is 1. The van der Waals surface area contributed by atoms with Crippen LogP contribution in [0, 0.1) is 19.8 Å². The minimum absolute atomic E-state index is 0.0734. The van der Waals surface area contributed by atoms with Crippen LogP contribution in [0.2, 0.25) is 0 Å². The maximum atomic E-state index is 12.9. The molecule has 3 heterocycles. The molecular weight excluding hydrogens is 397 g/mol. The number of fused-ring (bicyclic) bond motifs is 1. The van der Waals surface area contributed by atoms with Gasteiger partial charge in [-0.2, -0.15) is 18.2 Å².